The Kier molecular flexibility index (Phi) is 3.05. The topological polar surface area (TPSA) is 50.9 Å². The predicted molar refractivity (Wildman–Crippen MR) is 69.5 cm³/mol. The average molecular weight is 213 g/mol. The number of anilines is 2. The van der Waals surface area contributed by atoms with Gasteiger partial charge in [0.05, 0.1) is 5.52 Å². The lowest BCUT2D eigenvalue weighted by Gasteiger charge is -2.05. The van der Waals surface area contributed by atoms with Crippen molar-refractivity contribution in [1.82, 2.24) is 4.98 Å². The van der Waals surface area contributed by atoms with Gasteiger partial charge in [0.1, 0.15) is 5.82 Å². The molecule has 0 bridgehead atoms. The Hall–Kier alpha value is -2.03. The van der Waals surface area contributed by atoms with Crippen molar-refractivity contribution in [2.24, 2.45) is 0 Å². The van der Waals surface area contributed by atoms with Gasteiger partial charge in [0.15, 0.2) is 0 Å². The molecule has 0 radical (unpaired) electrons. The lowest BCUT2D eigenvalue weighted by molar-refractivity contribution is 1.06. The quantitative estimate of drug-likeness (QED) is 0.466. The van der Waals surface area contributed by atoms with E-state index in [-0.39, 0.29) is 0 Å². The third-order valence-electron chi connectivity index (χ3n) is 2.37. The molecule has 0 spiro atoms. The molecule has 82 valence electrons. The fraction of sp³-hybridized carbons (Fsp3) is 0.154. The number of nitrogen functional groups attached to an aromatic ring is 1. The van der Waals surface area contributed by atoms with Crippen LogP contribution in [0, 0.1) is 0 Å². The Labute approximate surface area is 95.0 Å². The van der Waals surface area contributed by atoms with E-state index >= 15 is 0 Å². The van der Waals surface area contributed by atoms with Gasteiger partial charge < -0.3 is 11.1 Å². The maximum Gasteiger partial charge on any atom is 0.126 e. The molecule has 1 heterocycles. The van der Waals surface area contributed by atoms with E-state index in [1.165, 1.54) is 0 Å². The van der Waals surface area contributed by atoms with Crippen LogP contribution in [0.1, 0.15) is 6.42 Å². The van der Waals surface area contributed by atoms with E-state index in [0.717, 1.165) is 35.4 Å². The molecule has 0 amide bonds. The molecule has 0 saturated carbocycles. The highest BCUT2D eigenvalue weighted by Gasteiger charge is 1.97. The lowest BCUT2D eigenvalue weighted by atomic mass is 10.2. The number of pyridine rings is 1. The number of aromatic nitrogens is 1. The van der Waals surface area contributed by atoms with Crippen LogP contribution in [0.25, 0.3) is 10.9 Å². The van der Waals surface area contributed by atoms with Gasteiger partial charge in [-0.2, -0.15) is 0 Å². The van der Waals surface area contributed by atoms with Crippen LogP contribution in [0.2, 0.25) is 0 Å². The van der Waals surface area contributed by atoms with Crippen molar-refractivity contribution in [1.29, 1.82) is 0 Å². The van der Waals surface area contributed by atoms with E-state index in [1.807, 2.05) is 36.4 Å². The monoisotopic (exact) mass is 213 g/mol. The summed E-state index contributed by atoms with van der Waals surface area (Å²) in [6.45, 7) is 4.54. The Morgan fingerprint density at radius 2 is 2.19 bits per heavy atom. The van der Waals surface area contributed by atoms with Crippen molar-refractivity contribution in [3.8, 4) is 0 Å². The van der Waals surface area contributed by atoms with Crippen LogP contribution in [0.3, 0.4) is 0 Å². The second-order valence-electron chi connectivity index (χ2n) is 3.65. The molecule has 0 fully saturated rings. The summed E-state index contributed by atoms with van der Waals surface area (Å²) in [5.74, 6) is 0.888. The smallest absolute Gasteiger partial charge is 0.126 e. The van der Waals surface area contributed by atoms with Crippen LogP contribution in [-0.4, -0.2) is 11.5 Å². The molecule has 1 aromatic heterocycles. The number of hydrogen-bond acceptors (Lipinski definition) is 3. The SMILES string of the molecule is C=CCCNc1ccc2cc(N)ccc2n1. The van der Waals surface area contributed by atoms with Gasteiger partial charge in [0.2, 0.25) is 0 Å². The Bertz CT molecular complexity index is 506. The van der Waals surface area contributed by atoms with Gasteiger partial charge in [0.25, 0.3) is 0 Å². The van der Waals surface area contributed by atoms with Crippen molar-refractivity contribution >= 4 is 22.4 Å². The third-order valence-corrected chi connectivity index (χ3v) is 2.37. The molecule has 3 nitrogen and oxygen atoms in total. The highest BCUT2D eigenvalue weighted by Crippen LogP contribution is 2.17. The van der Waals surface area contributed by atoms with E-state index in [0.29, 0.717) is 0 Å². The van der Waals surface area contributed by atoms with Gasteiger partial charge in [-0.25, -0.2) is 4.98 Å². The fourth-order valence-electron chi connectivity index (χ4n) is 1.54. The third kappa shape index (κ3) is 2.31. The molecule has 1 aromatic carbocycles. The highest BCUT2D eigenvalue weighted by molar-refractivity contribution is 5.83. The Morgan fingerprint density at radius 3 is 3.00 bits per heavy atom. The summed E-state index contributed by atoms with van der Waals surface area (Å²) in [7, 11) is 0. The van der Waals surface area contributed by atoms with Crippen molar-refractivity contribution in [3.63, 3.8) is 0 Å². The van der Waals surface area contributed by atoms with Crippen LogP contribution in [0.4, 0.5) is 11.5 Å². The van der Waals surface area contributed by atoms with E-state index in [9.17, 15) is 0 Å². The minimum atomic E-state index is 0.765. The molecule has 2 aromatic rings. The molecule has 3 N–H and O–H groups in total. The molecule has 0 atom stereocenters. The highest BCUT2D eigenvalue weighted by atomic mass is 15.0. The second kappa shape index (κ2) is 4.66. The van der Waals surface area contributed by atoms with Crippen LogP contribution in [0.15, 0.2) is 43.0 Å². The first-order valence-corrected chi connectivity index (χ1v) is 5.30. The zero-order chi connectivity index (χ0) is 11.4. The minimum Gasteiger partial charge on any atom is -0.399 e. The van der Waals surface area contributed by atoms with Gasteiger partial charge in [-0.05, 0) is 36.8 Å². The lowest BCUT2D eigenvalue weighted by Crippen LogP contribution is -2.01. The molecule has 0 saturated heterocycles. The molecular formula is C13H15N3. The predicted octanol–water partition coefficient (Wildman–Crippen LogP) is 2.81. The molecular weight excluding hydrogens is 198 g/mol. The maximum atomic E-state index is 5.71. The molecule has 0 unspecified atom stereocenters. The van der Waals surface area contributed by atoms with Crippen molar-refractivity contribution < 1.29 is 0 Å². The van der Waals surface area contributed by atoms with Gasteiger partial charge in [-0.15, -0.1) is 6.58 Å². The minimum absolute atomic E-state index is 0.765. The van der Waals surface area contributed by atoms with Crippen molar-refractivity contribution in [2.75, 3.05) is 17.6 Å². The summed E-state index contributed by atoms with van der Waals surface area (Å²) >= 11 is 0. The number of nitrogens with two attached hydrogens (primary N) is 1. The van der Waals surface area contributed by atoms with Gasteiger partial charge in [0, 0.05) is 17.6 Å². The second-order valence-corrected chi connectivity index (χ2v) is 3.65. The normalized spacial score (nSPS) is 10.2. The summed E-state index contributed by atoms with van der Waals surface area (Å²) in [4.78, 5) is 4.49. The number of benzene rings is 1. The van der Waals surface area contributed by atoms with Crippen LogP contribution < -0.4 is 11.1 Å². The van der Waals surface area contributed by atoms with E-state index in [2.05, 4.69) is 16.9 Å². The van der Waals surface area contributed by atoms with Crippen LogP contribution >= 0.6 is 0 Å². The van der Waals surface area contributed by atoms with Crippen molar-refractivity contribution in [3.05, 3.63) is 43.0 Å². The Balaban J connectivity index is 2.23. The van der Waals surface area contributed by atoms with Gasteiger partial charge in [-0.1, -0.05) is 6.08 Å². The summed E-state index contributed by atoms with van der Waals surface area (Å²) in [6, 6.07) is 9.71. The maximum absolute atomic E-state index is 5.71. The van der Waals surface area contributed by atoms with Crippen LogP contribution in [0.5, 0.6) is 0 Å². The largest absolute Gasteiger partial charge is 0.399 e. The molecule has 3 heteroatoms. The number of fused-ring (bicyclic) bond motifs is 1. The van der Waals surface area contributed by atoms with E-state index < -0.39 is 0 Å². The fourth-order valence-corrected chi connectivity index (χ4v) is 1.54. The molecule has 0 aliphatic rings. The number of hydrogen-bond donors (Lipinski definition) is 2. The first kappa shape index (κ1) is 10.5. The molecule has 0 aliphatic carbocycles. The molecule has 0 aliphatic heterocycles. The summed E-state index contributed by atoms with van der Waals surface area (Å²) in [5.41, 5.74) is 7.43. The average Bonchev–Trinajstić information content (AvgIpc) is 2.29. The number of nitrogens with zero attached hydrogens (tertiary/aromatic N) is 1. The van der Waals surface area contributed by atoms with Gasteiger partial charge in [-0.3, -0.25) is 0 Å². The zero-order valence-corrected chi connectivity index (χ0v) is 9.11. The van der Waals surface area contributed by atoms with E-state index in [1.54, 1.807) is 0 Å². The van der Waals surface area contributed by atoms with Gasteiger partial charge >= 0.3 is 0 Å². The first-order chi connectivity index (χ1) is 7.79. The number of rotatable bonds is 4. The molecule has 16 heavy (non-hydrogen) atoms. The summed E-state index contributed by atoms with van der Waals surface area (Å²) in [5, 5.41) is 4.30. The van der Waals surface area contributed by atoms with Crippen LogP contribution in [-0.2, 0) is 0 Å². The summed E-state index contributed by atoms with van der Waals surface area (Å²) in [6.07, 6.45) is 2.82. The molecule has 2 rings (SSSR count). The van der Waals surface area contributed by atoms with Crippen molar-refractivity contribution in [2.45, 2.75) is 6.42 Å². The zero-order valence-electron chi connectivity index (χ0n) is 9.11. The summed E-state index contributed by atoms with van der Waals surface area (Å²) < 4.78 is 0. The first-order valence-electron chi connectivity index (χ1n) is 5.30. The van der Waals surface area contributed by atoms with E-state index in [4.69, 9.17) is 5.73 Å². The standard InChI is InChI=1S/C13H15N3/c1-2-3-8-15-13-7-4-10-9-11(14)5-6-12(10)16-13/h2,4-7,9H,1,3,8,14H2,(H,15,16). The number of nitrogens with one attached hydrogen (secondary N) is 1. The Morgan fingerprint density at radius 1 is 1.31 bits per heavy atom.